The lowest BCUT2D eigenvalue weighted by Crippen LogP contribution is -1.86. The van der Waals surface area contributed by atoms with E-state index in [9.17, 15) is 8.78 Å². The summed E-state index contributed by atoms with van der Waals surface area (Å²) in [4.78, 5) is 0. The minimum Gasteiger partial charge on any atom is -0.211 e. The largest absolute Gasteiger partial charge is 0.239 e. The fraction of sp³-hybridized carbons (Fsp3) is 0.600. The zero-order valence-electron chi connectivity index (χ0n) is 3.82. The SMILES string of the molecule is C#CCCC(F)F. The third-order valence-corrected chi connectivity index (χ3v) is 0.507. The van der Waals surface area contributed by atoms with Crippen LogP contribution in [0.4, 0.5) is 8.78 Å². The highest BCUT2D eigenvalue weighted by Gasteiger charge is 1.97. The molecule has 0 aromatic carbocycles. The van der Waals surface area contributed by atoms with Crippen LogP contribution in [-0.4, -0.2) is 6.43 Å². The van der Waals surface area contributed by atoms with Crippen molar-refractivity contribution in [1.82, 2.24) is 0 Å². The molecule has 0 rings (SSSR count). The lowest BCUT2D eigenvalue weighted by atomic mass is 10.3. The lowest BCUT2D eigenvalue weighted by Gasteiger charge is -1.87. The molecule has 0 aliphatic rings. The highest BCUT2D eigenvalue weighted by Crippen LogP contribution is 2.00. The van der Waals surface area contributed by atoms with E-state index in [2.05, 4.69) is 5.92 Å². The van der Waals surface area contributed by atoms with E-state index in [4.69, 9.17) is 6.42 Å². The van der Waals surface area contributed by atoms with Gasteiger partial charge in [0.1, 0.15) is 0 Å². The summed E-state index contributed by atoms with van der Waals surface area (Å²) in [5, 5.41) is 0. The Morgan fingerprint density at radius 3 is 2.29 bits per heavy atom. The maximum atomic E-state index is 11.1. The predicted octanol–water partition coefficient (Wildman–Crippen LogP) is 1.66. The summed E-state index contributed by atoms with van der Waals surface area (Å²) in [6, 6.07) is 0. The monoisotopic (exact) mass is 104 g/mol. The van der Waals surface area contributed by atoms with E-state index in [0.29, 0.717) is 0 Å². The summed E-state index contributed by atoms with van der Waals surface area (Å²) in [6.07, 6.45) is 2.46. The lowest BCUT2D eigenvalue weighted by molar-refractivity contribution is 0.139. The molecule has 0 aliphatic carbocycles. The standard InChI is InChI=1S/C5H6F2/c1-2-3-4-5(6)7/h1,5H,3-4H2. The molecule has 0 heterocycles. The van der Waals surface area contributed by atoms with Gasteiger partial charge in [-0.3, -0.25) is 0 Å². The summed E-state index contributed by atoms with van der Waals surface area (Å²) in [5.74, 6) is 2.12. The first kappa shape index (κ1) is 6.42. The van der Waals surface area contributed by atoms with Crippen LogP contribution in [0.15, 0.2) is 0 Å². The Labute approximate surface area is 41.5 Å². The average molecular weight is 104 g/mol. The Hall–Kier alpha value is -0.580. The van der Waals surface area contributed by atoms with Crippen molar-refractivity contribution in [2.75, 3.05) is 0 Å². The molecule has 0 bridgehead atoms. The van der Waals surface area contributed by atoms with Crippen molar-refractivity contribution in [2.45, 2.75) is 19.3 Å². The number of terminal acetylenes is 1. The van der Waals surface area contributed by atoms with Gasteiger partial charge in [-0.1, -0.05) is 0 Å². The maximum absolute atomic E-state index is 11.1. The molecule has 0 aromatic heterocycles. The number of alkyl halides is 2. The van der Waals surface area contributed by atoms with E-state index in [0.717, 1.165) is 0 Å². The molecule has 0 saturated carbocycles. The Kier molecular flexibility index (Phi) is 3.31. The molecule has 0 N–H and O–H groups in total. The number of hydrogen-bond donors (Lipinski definition) is 0. The first-order chi connectivity index (χ1) is 3.27. The average Bonchev–Trinajstić information content (AvgIpc) is 1.61. The second-order valence-electron chi connectivity index (χ2n) is 1.13. The van der Waals surface area contributed by atoms with Crippen LogP contribution in [-0.2, 0) is 0 Å². The van der Waals surface area contributed by atoms with Crippen LogP contribution < -0.4 is 0 Å². The zero-order chi connectivity index (χ0) is 5.70. The molecule has 2 heteroatoms. The van der Waals surface area contributed by atoms with Gasteiger partial charge in [0.2, 0.25) is 6.43 Å². The smallest absolute Gasteiger partial charge is 0.211 e. The number of hydrogen-bond acceptors (Lipinski definition) is 0. The van der Waals surface area contributed by atoms with E-state index in [-0.39, 0.29) is 12.8 Å². The van der Waals surface area contributed by atoms with Gasteiger partial charge in [0.05, 0.1) is 0 Å². The molecule has 0 atom stereocenters. The van der Waals surface area contributed by atoms with Crippen LogP contribution >= 0.6 is 0 Å². The van der Waals surface area contributed by atoms with E-state index in [1.165, 1.54) is 0 Å². The first-order valence-corrected chi connectivity index (χ1v) is 1.99. The Balaban J connectivity index is 2.86. The van der Waals surface area contributed by atoms with Crippen LogP contribution in [0.3, 0.4) is 0 Å². The van der Waals surface area contributed by atoms with Gasteiger partial charge < -0.3 is 0 Å². The molecule has 40 valence electrons. The van der Waals surface area contributed by atoms with Crippen LogP contribution in [0.1, 0.15) is 12.8 Å². The van der Waals surface area contributed by atoms with Gasteiger partial charge in [-0.05, 0) is 0 Å². The molecular formula is C5H6F2. The van der Waals surface area contributed by atoms with Crippen molar-refractivity contribution in [3.63, 3.8) is 0 Å². The minimum absolute atomic E-state index is 0.170. The van der Waals surface area contributed by atoms with Gasteiger partial charge in [0.25, 0.3) is 0 Å². The van der Waals surface area contributed by atoms with Crippen molar-refractivity contribution in [3.8, 4) is 12.3 Å². The third kappa shape index (κ3) is 5.42. The quantitative estimate of drug-likeness (QED) is 0.467. The van der Waals surface area contributed by atoms with Crippen LogP contribution in [0.2, 0.25) is 0 Å². The number of halogens is 2. The van der Waals surface area contributed by atoms with E-state index < -0.39 is 6.43 Å². The van der Waals surface area contributed by atoms with E-state index in [1.807, 2.05) is 0 Å². The fourth-order valence-corrected chi connectivity index (χ4v) is 0.192. The Bertz CT molecular complexity index is 70.6. The van der Waals surface area contributed by atoms with Gasteiger partial charge >= 0.3 is 0 Å². The Morgan fingerprint density at radius 1 is 1.57 bits per heavy atom. The predicted molar refractivity (Wildman–Crippen MR) is 24.1 cm³/mol. The zero-order valence-corrected chi connectivity index (χ0v) is 3.82. The van der Waals surface area contributed by atoms with Gasteiger partial charge in [0, 0.05) is 12.8 Å². The van der Waals surface area contributed by atoms with Crippen molar-refractivity contribution in [1.29, 1.82) is 0 Å². The number of rotatable bonds is 2. The van der Waals surface area contributed by atoms with Crippen LogP contribution in [0, 0.1) is 12.3 Å². The molecular weight excluding hydrogens is 98.1 g/mol. The van der Waals surface area contributed by atoms with Gasteiger partial charge in [-0.15, -0.1) is 12.3 Å². The molecule has 0 nitrogen and oxygen atoms in total. The van der Waals surface area contributed by atoms with Gasteiger partial charge in [-0.2, -0.15) is 0 Å². The van der Waals surface area contributed by atoms with Crippen molar-refractivity contribution < 1.29 is 8.78 Å². The summed E-state index contributed by atoms with van der Waals surface area (Å²) < 4.78 is 22.3. The summed E-state index contributed by atoms with van der Waals surface area (Å²) in [5.41, 5.74) is 0. The van der Waals surface area contributed by atoms with Crippen LogP contribution in [0.25, 0.3) is 0 Å². The molecule has 0 amide bonds. The van der Waals surface area contributed by atoms with Crippen LogP contribution in [0.5, 0.6) is 0 Å². The van der Waals surface area contributed by atoms with Crippen molar-refractivity contribution in [3.05, 3.63) is 0 Å². The third-order valence-electron chi connectivity index (χ3n) is 0.507. The molecule has 0 unspecified atom stereocenters. The summed E-state index contributed by atoms with van der Waals surface area (Å²) >= 11 is 0. The highest BCUT2D eigenvalue weighted by atomic mass is 19.3. The van der Waals surface area contributed by atoms with Crippen molar-refractivity contribution in [2.24, 2.45) is 0 Å². The van der Waals surface area contributed by atoms with E-state index in [1.54, 1.807) is 0 Å². The topological polar surface area (TPSA) is 0 Å². The molecule has 0 radical (unpaired) electrons. The van der Waals surface area contributed by atoms with Crippen molar-refractivity contribution >= 4 is 0 Å². The molecule has 0 fully saturated rings. The summed E-state index contributed by atoms with van der Waals surface area (Å²) in [6.45, 7) is 0. The highest BCUT2D eigenvalue weighted by molar-refractivity contribution is 4.83. The summed E-state index contributed by atoms with van der Waals surface area (Å²) in [7, 11) is 0. The second-order valence-corrected chi connectivity index (χ2v) is 1.13. The molecule has 0 aliphatic heterocycles. The minimum atomic E-state index is -2.24. The Morgan fingerprint density at radius 2 is 2.14 bits per heavy atom. The van der Waals surface area contributed by atoms with Gasteiger partial charge in [-0.25, -0.2) is 8.78 Å². The molecule has 7 heavy (non-hydrogen) atoms. The first-order valence-electron chi connectivity index (χ1n) is 1.99. The molecule has 0 saturated heterocycles. The normalized spacial score (nSPS) is 8.86. The fourth-order valence-electron chi connectivity index (χ4n) is 0.192. The second kappa shape index (κ2) is 3.60. The molecule has 0 spiro atoms. The molecule has 0 aromatic rings. The van der Waals surface area contributed by atoms with E-state index >= 15 is 0 Å². The maximum Gasteiger partial charge on any atom is 0.239 e. The van der Waals surface area contributed by atoms with Gasteiger partial charge in [0.15, 0.2) is 0 Å².